The molecule has 0 bridgehead atoms. The molecule has 0 heterocycles. The summed E-state index contributed by atoms with van der Waals surface area (Å²) in [7, 11) is 1.85. The molecular weight excluding hydrogens is 205 g/mol. The van der Waals surface area contributed by atoms with E-state index in [-0.39, 0.29) is 11.9 Å². The van der Waals surface area contributed by atoms with Crippen LogP contribution in [0.2, 0.25) is 0 Å². The van der Waals surface area contributed by atoms with Crippen molar-refractivity contribution in [3.05, 3.63) is 29.6 Å². The topological polar surface area (TPSA) is 21.3 Å². The molecule has 0 aromatic heterocycles. The number of ether oxygens (including phenoxy) is 1. The quantitative estimate of drug-likeness (QED) is 0.750. The molecular formula is C13H20FNO. The third-order valence-corrected chi connectivity index (χ3v) is 2.63. The average molecular weight is 225 g/mol. The van der Waals surface area contributed by atoms with E-state index in [0.717, 1.165) is 24.2 Å². The van der Waals surface area contributed by atoms with Crippen LogP contribution in [-0.2, 0) is 0 Å². The van der Waals surface area contributed by atoms with Gasteiger partial charge in [0, 0.05) is 11.6 Å². The van der Waals surface area contributed by atoms with Gasteiger partial charge < -0.3 is 10.1 Å². The van der Waals surface area contributed by atoms with Gasteiger partial charge in [-0.2, -0.15) is 0 Å². The Bertz CT molecular complexity index is 328. The van der Waals surface area contributed by atoms with Crippen LogP contribution in [0.3, 0.4) is 0 Å². The SMILES string of the molecule is CCCCOc1ccc(F)cc1C(C)NC. The molecule has 1 rings (SSSR count). The van der Waals surface area contributed by atoms with E-state index in [2.05, 4.69) is 12.2 Å². The lowest BCUT2D eigenvalue weighted by molar-refractivity contribution is 0.303. The summed E-state index contributed by atoms with van der Waals surface area (Å²) in [5.41, 5.74) is 0.874. The Kier molecular flexibility index (Phi) is 5.26. The molecule has 1 atom stereocenters. The van der Waals surface area contributed by atoms with Crippen LogP contribution >= 0.6 is 0 Å². The average Bonchev–Trinajstić information content (AvgIpc) is 2.30. The maximum absolute atomic E-state index is 13.1. The van der Waals surface area contributed by atoms with E-state index in [1.807, 2.05) is 14.0 Å². The monoisotopic (exact) mass is 225 g/mol. The summed E-state index contributed by atoms with van der Waals surface area (Å²) in [6, 6.07) is 4.76. The minimum absolute atomic E-state index is 0.0901. The summed E-state index contributed by atoms with van der Waals surface area (Å²) in [6.45, 7) is 4.79. The molecule has 2 nitrogen and oxygen atoms in total. The number of nitrogens with one attached hydrogen (secondary N) is 1. The van der Waals surface area contributed by atoms with Gasteiger partial charge in [0.15, 0.2) is 0 Å². The molecule has 0 fully saturated rings. The lowest BCUT2D eigenvalue weighted by Gasteiger charge is -2.16. The maximum atomic E-state index is 13.1. The Labute approximate surface area is 96.8 Å². The van der Waals surface area contributed by atoms with Gasteiger partial charge in [0.2, 0.25) is 0 Å². The van der Waals surface area contributed by atoms with Crippen molar-refractivity contribution in [3.63, 3.8) is 0 Å². The third-order valence-electron chi connectivity index (χ3n) is 2.63. The van der Waals surface area contributed by atoms with Crippen molar-refractivity contribution in [1.82, 2.24) is 5.32 Å². The molecule has 1 aromatic carbocycles. The minimum Gasteiger partial charge on any atom is -0.493 e. The molecule has 0 saturated heterocycles. The van der Waals surface area contributed by atoms with Crippen LogP contribution < -0.4 is 10.1 Å². The molecule has 0 aliphatic rings. The van der Waals surface area contributed by atoms with Crippen molar-refractivity contribution < 1.29 is 9.13 Å². The lowest BCUT2D eigenvalue weighted by atomic mass is 10.1. The molecule has 0 amide bonds. The Morgan fingerprint density at radius 2 is 2.19 bits per heavy atom. The maximum Gasteiger partial charge on any atom is 0.124 e. The second-order valence-corrected chi connectivity index (χ2v) is 3.89. The van der Waals surface area contributed by atoms with Gasteiger partial charge in [-0.3, -0.25) is 0 Å². The Hall–Kier alpha value is -1.09. The predicted molar refractivity (Wildman–Crippen MR) is 64.3 cm³/mol. The summed E-state index contributed by atoms with van der Waals surface area (Å²) in [4.78, 5) is 0. The van der Waals surface area contributed by atoms with Gasteiger partial charge in [-0.05, 0) is 38.6 Å². The summed E-state index contributed by atoms with van der Waals surface area (Å²) >= 11 is 0. The van der Waals surface area contributed by atoms with Crippen LogP contribution in [0.15, 0.2) is 18.2 Å². The largest absolute Gasteiger partial charge is 0.493 e. The van der Waals surface area contributed by atoms with Crippen molar-refractivity contribution in [2.45, 2.75) is 32.7 Å². The molecule has 0 saturated carbocycles. The van der Waals surface area contributed by atoms with Crippen molar-refractivity contribution in [3.8, 4) is 5.75 Å². The van der Waals surface area contributed by atoms with Crippen LogP contribution in [0, 0.1) is 5.82 Å². The highest BCUT2D eigenvalue weighted by Gasteiger charge is 2.11. The first-order valence-electron chi connectivity index (χ1n) is 5.78. The number of hydrogen-bond acceptors (Lipinski definition) is 2. The second-order valence-electron chi connectivity index (χ2n) is 3.89. The summed E-state index contributed by atoms with van der Waals surface area (Å²) < 4.78 is 18.8. The fourth-order valence-corrected chi connectivity index (χ4v) is 1.47. The summed E-state index contributed by atoms with van der Waals surface area (Å²) in [5.74, 6) is 0.552. The molecule has 90 valence electrons. The van der Waals surface area contributed by atoms with E-state index in [9.17, 15) is 4.39 Å². The first-order chi connectivity index (χ1) is 7.69. The first kappa shape index (κ1) is 13.0. The molecule has 0 aliphatic carbocycles. The van der Waals surface area contributed by atoms with E-state index >= 15 is 0 Å². The van der Waals surface area contributed by atoms with Gasteiger partial charge in [-0.1, -0.05) is 13.3 Å². The zero-order chi connectivity index (χ0) is 12.0. The van der Waals surface area contributed by atoms with Crippen LogP contribution in [0.4, 0.5) is 4.39 Å². The van der Waals surface area contributed by atoms with Crippen molar-refractivity contribution >= 4 is 0 Å². The highest BCUT2D eigenvalue weighted by atomic mass is 19.1. The zero-order valence-corrected chi connectivity index (χ0v) is 10.2. The van der Waals surface area contributed by atoms with Crippen LogP contribution in [0.1, 0.15) is 38.3 Å². The first-order valence-corrected chi connectivity index (χ1v) is 5.78. The zero-order valence-electron chi connectivity index (χ0n) is 10.2. The normalized spacial score (nSPS) is 12.5. The third kappa shape index (κ3) is 3.49. The molecule has 1 unspecified atom stereocenters. The van der Waals surface area contributed by atoms with E-state index in [1.54, 1.807) is 6.07 Å². The van der Waals surface area contributed by atoms with Gasteiger partial charge in [-0.15, -0.1) is 0 Å². The van der Waals surface area contributed by atoms with Gasteiger partial charge in [0.05, 0.1) is 6.61 Å². The fourth-order valence-electron chi connectivity index (χ4n) is 1.47. The Morgan fingerprint density at radius 1 is 1.44 bits per heavy atom. The predicted octanol–water partition coefficient (Wildman–Crippen LogP) is 3.29. The van der Waals surface area contributed by atoms with E-state index < -0.39 is 0 Å². The highest BCUT2D eigenvalue weighted by molar-refractivity contribution is 5.36. The molecule has 0 radical (unpaired) electrons. The standard InChI is InChI=1S/C13H20FNO/c1-4-5-8-16-13-7-6-11(14)9-12(13)10(2)15-3/h6-7,9-10,15H,4-5,8H2,1-3H3. The molecule has 0 aliphatic heterocycles. The van der Waals surface area contributed by atoms with E-state index in [1.165, 1.54) is 12.1 Å². The highest BCUT2D eigenvalue weighted by Crippen LogP contribution is 2.26. The van der Waals surface area contributed by atoms with Gasteiger partial charge in [-0.25, -0.2) is 4.39 Å². The van der Waals surface area contributed by atoms with Crippen LogP contribution in [0.25, 0.3) is 0 Å². The molecule has 16 heavy (non-hydrogen) atoms. The van der Waals surface area contributed by atoms with Crippen molar-refractivity contribution in [2.75, 3.05) is 13.7 Å². The van der Waals surface area contributed by atoms with E-state index in [0.29, 0.717) is 6.61 Å². The summed E-state index contributed by atoms with van der Waals surface area (Å²) in [6.07, 6.45) is 2.11. The number of hydrogen-bond donors (Lipinski definition) is 1. The Balaban J connectivity index is 2.80. The molecule has 3 heteroatoms. The second kappa shape index (κ2) is 6.48. The molecule has 1 aromatic rings. The number of benzene rings is 1. The molecule has 1 N–H and O–H groups in total. The van der Waals surface area contributed by atoms with Crippen molar-refractivity contribution in [2.24, 2.45) is 0 Å². The van der Waals surface area contributed by atoms with Gasteiger partial charge in [0.1, 0.15) is 11.6 Å². The Morgan fingerprint density at radius 3 is 2.81 bits per heavy atom. The number of unbranched alkanes of at least 4 members (excludes halogenated alkanes) is 1. The molecule has 0 spiro atoms. The lowest BCUT2D eigenvalue weighted by Crippen LogP contribution is -2.14. The number of halogens is 1. The fraction of sp³-hybridized carbons (Fsp3) is 0.538. The van der Waals surface area contributed by atoms with Crippen LogP contribution in [0.5, 0.6) is 5.75 Å². The summed E-state index contributed by atoms with van der Waals surface area (Å²) in [5, 5.41) is 3.09. The minimum atomic E-state index is -0.222. The smallest absolute Gasteiger partial charge is 0.124 e. The van der Waals surface area contributed by atoms with Gasteiger partial charge in [0.25, 0.3) is 0 Å². The van der Waals surface area contributed by atoms with Crippen molar-refractivity contribution in [1.29, 1.82) is 0 Å². The number of rotatable bonds is 6. The van der Waals surface area contributed by atoms with E-state index in [4.69, 9.17) is 4.74 Å². The van der Waals surface area contributed by atoms with Gasteiger partial charge >= 0.3 is 0 Å². The van der Waals surface area contributed by atoms with Crippen LogP contribution in [-0.4, -0.2) is 13.7 Å².